The van der Waals surface area contributed by atoms with Crippen molar-refractivity contribution in [2.75, 3.05) is 6.54 Å². The largest absolute Gasteiger partial charge is 0.330 e. The number of nitrogens with two attached hydrogens (primary N) is 1. The van der Waals surface area contributed by atoms with Crippen molar-refractivity contribution in [3.8, 4) is 0 Å². The van der Waals surface area contributed by atoms with E-state index in [2.05, 4.69) is 38.1 Å². The summed E-state index contributed by atoms with van der Waals surface area (Å²) < 4.78 is 0. The van der Waals surface area contributed by atoms with E-state index in [4.69, 9.17) is 5.73 Å². The van der Waals surface area contributed by atoms with E-state index in [0.29, 0.717) is 0 Å². The number of hydrogen-bond donors (Lipinski definition) is 1. The van der Waals surface area contributed by atoms with Gasteiger partial charge >= 0.3 is 0 Å². The number of aryl methyl sites for hydroxylation is 1. The molecule has 0 heterocycles. The SMILES string of the molecule is Cc1ccccc1C1(CN)CCCC1C. The zero-order valence-electron chi connectivity index (χ0n) is 9.79. The van der Waals surface area contributed by atoms with E-state index in [0.717, 1.165) is 12.5 Å². The molecule has 2 N–H and O–H groups in total. The lowest BCUT2D eigenvalue weighted by Crippen LogP contribution is -2.38. The minimum Gasteiger partial charge on any atom is -0.330 e. The molecule has 0 aliphatic heterocycles. The molecule has 2 unspecified atom stereocenters. The molecule has 82 valence electrons. The van der Waals surface area contributed by atoms with Gasteiger partial charge in [0.25, 0.3) is 0 Å². The van der Waals surface area contributed by atoms with Crippen LogP contribution in [0.15, 0.2) is 24.3 Å². The molecule has 0 radical (unpaired) electrons. The maximum absolute atomic E-state index is 6.06. The Morgan fingerprint density at radius 3 is 2.67 bits per heavy atom. The van der Waals surface area contributed by atoms with Gasteiger partial charge in [-0.2, -0.15) is 0 Å². The summed E-state index contributed by atoms with van der Waals surface area (Å²) in [5.41, 5.74) is 9.20. The lowest BCUT2D eigenvalue weighted by atomic mass is 9.71. The van der Waals surface area contributed by atoms with Gasteiger partial charge < -0.3 is 5.73 Å². The molecule has 1 aromatic carbocycles. The quantitative estimate of drug-likeness (QED) is 0.785. The summed E-state index contributed by atoms with van der Waals surface area (Å²) in [5.74, 6) is 0.726. The van der Waals surface area contributed by atoms with Gasteiger partial charge in [-0.25, -0.2) is 0 Å². The molecule has 1 saturated carbocycles. The molecule has 1 aliphatic rings. The van der Waals surface area contributed by atoms with Crippen molar-refractivity contribution >= 4 is 0 Å². The first-order valence-corrected chi connectivity index (χ1v) is 5.97. The van der Waals surface area contributed by atoms with Crippen molar-refractivity contribution in [1.82, 2.24) is 0 Å². The Morgan fingerprint density at radius 2 is 2.13 bits per heavy atom. The molecule has 2 atom stereocenters. The first-order chi connectivity index (χ1) is 7.20. The molecule has 15 heavy (non-hydrogen) atoms. The smallest absolute Gasteiger partial charge is 0.0104 e. The number of rotatable bonds is 2. The molecule has 0 spiro atoms. The van der Waals surface area contributed by atoms with Crippen LogP contribution in [0, 0.1) is 12.8 Å². The lowest BCUT2D eigenvalue weighted by molar-refractivity contribution is 0.344. The highest BCUT2D eigenvalue weighted by Crippen LogP contribution is 2.45. The van der Waals surface area contributed by atoms with Crippen molar-refractivity contribution in [3.05, 3.63) is 35.4 Å². The van der Waals surface area contributed by atoms with Crippen LogP contribution in [0.2, 0.25) is 0 Å². The van der Waals surface area contributed by atoms with Gasteiger partial charge in [-0.05, 0) is 36.8 Å². The Morgan fingerprint density at radius 1 is 1.40 bits per heavy atom. The van der Waals surface area contributed by atoms with E-state index < -0.39 is 0 Å². The van der Waals surface area contributed by atoms with Crippen molar-refractivity contribution in [2.45, 2.75) is 38.5 Å². The third-order valence-corrected chi connectivity index (χ3v) is 4.25. The number of benzene rings is 1. The highest BCUT2D eigenvalue weighted by atomic mass is 14.6. The van der Waals surface area contributed by atoms with Gasteiger partial charge in [-0.3, -0.25) is 0 Å². The van der Waals surface area contributed by atoms with Gasteiger partial charge in [-0.1, -0.05) is 37.6 Å². The summed E-state index contributed by atoms with van der Waals surface area (Å²) in [6.45, 7) is 5.35. The Hall–Kier alpha value is -0.820. The minimum absolute atomic E-state index is 0.255. The summed E-state index contributed by atoms with van der Waals surface area (Å²) in [6, 6.07) is 8.73. The average molecular weight is 203 g/mol. The molecule has 1 fully saturated rings. The maximum atomic E-state index is 6.06. The van der Waals surface area contributed by atoms with Crippen LogP contribution in [0.3, 0.4) is 0 Å². The molecule has 1 aliphatic carbocycles. The Bertz CT molecular complexity index is 345. The molecule has 0 saturated heterocycles. The Kier molecular flexibility index (Phi) is 2.83. The predicted molar refractivity (Wildman–Crippen MR) is 64.9 cm³/mol. The zero-order chi connectivity index (χ0) is 10.9. The lowest BCUT2D eigenvalue weighted by Gasteiger charge is -2.34. The van der Waals surface area contributed by atoms with E-state index >= 15 is 0 Å². The molecule has 1 aromatic rings. The third kappa shape index (κ3) is 1.59. The first kappa shape index (κ1) is 10.7. The van der Waals surface area contributed by atoms with Gasteiger partial charge in [0.1, 0.15) is 0 Å². The molecule has 0 bridgehead atoms. The van der Waals surface area contributed by atoms with Crippen molar-refractivity contribution in [2.24, 2.45) is 11.7 Å². The van der Waals surface area contributed by atoms with Gasteiger partial charge in [0.05, 0.1) is 0 Å². The first-order valence-electron chi connectivity index (χ1n) is 5.97. The van der Waals surface area contributed by atoms with Gasteiger partial charge in [0.15, 0.2) is 0 Å². The summed E-state index contributed by atoms with van der Waals surface area (Å²) >= 11 is 0. The topological polar surface area (TPSA) is 26.0 Å². The predicted octanol–water partition coefficient (Wildman–Crippen LogP) is 3.01. The monoisotopic (exact) mass is 203 g/mol. The zero-order valence-corrected chi connectivity index (χ0v) is 9.79. The molecular weight excluding hydrogens is 182 g/mol. The van der Waals surface area contributed by atoms with Crippen LogP contribution in [-0.2, 0) is 5.41 Å². The highest BCUT2D eigenvalue weighted by molar-refractivity contribution is 5.35. The second-order valence-electron chi connectivity index (χ2n) is 4.97. The van der Waals surface area contributed by atoms with Crippen LogP contribution >= 0.6 is 0 Å². The highest BCUT2D eigenvalue weighted by Gasteiger charge is 2.41. The summed E-state index contributed by atoms with van der Waals surface area (Å²) in [6.07, 6.45) is 3.91. The van der Waals surface area contributed by atoms with E-state index in [1.807, 2.05) is 0 Å². The summed E-state index contributed by atoms with van der Waals surface area (Å²) in [7, 11) is 0. The van der Waals surface area contributed by atoms with Crippen LogP contribution < -0.4 is 5.73 Å². The van der Waals surface area contributed by atoms with E-state index in [-0.39, 0.29) is 5.41 Å². The van der Waals surface area contributed by atoms with Gasteiger partial charge in [-0.15, -0.1) is 0 Å². The van der Waals surface area contributed by atoms with E-state index in [9.17, 15) is 0 Å². The molecule has 1 heteroatoms. The van der Waals surface area contributed by atoms with Crippen molar-refractivity contribution in [1.29, 1.82) is 0 Å². The second kappa shape index (κ2) is 3.97. The Labute approximate surface area is 92.7 Å². The fourth-order valence-corrected chi connectivity index (χ4v) is 3.19. The fraction of sp³-hybridized carbons (Fsp3) is 0.571. The number of hydrogen-bond acceptors (Lipinski definition) is 1. The van der Waals surface area contributed by atoms with Crippen molar-refractivity contribution in [3.63, 3.8) is 0 Å². The molecular formula is C14H21N. The van der Waals surface area contributed by atoms with Crippen LogP contribution in [-0.4, -0.2) is 6.54 Å². The minimum atomic E-state index is 0.255. The maximum Gasteiger partial charge on any atom is 0.0104 e. The van der Waals surface area contributed by atoms with Gasteiger partial charge in [0, 0.05) is 12.0 Å². The standard InChI is InChI=1S/C14H21N/c1-11-6-3-4-8-13(11)14(10-15)9-5-7-12(14)2/h3-4,6,8,12H,5,7,9-10,15H2,1-2H3. The van der Waals surface area contributed by atoms with Gasteiger partial charge in [0.2, 0.25) is 0 Å². The third-order valence-electron chi connectivity index (χ3n) is 4.25. The van der Waals surface area contributed by atoms with Crippen LogP contribution in [0.1, 0.15) is 37.3 Å². The van der Waals surface area contributed by atoms with E-state index in [1.165, 1.54) is 30.4 Å². The molecule has 0 aromatic heterocycles. The molecule has 1 nitrogen and oxygen atoms in total. The van der Waals surface area contributed by atoms with Crippen LogP contribution in [0.4, 0.5) is 0 Å². The average Bonchev–Trinajstić information content (AvgIpc) is 2.61. The second-order valence-corrected chi connectivity index (χ2v) is 4.97. The van der Waals surface area contributed by atoms with Crippen LogP contribution in [0.25, 0.3) is 0 Å². The summed E-state index contributed by atoms with van der Waals surface area (Å²) in [5, 5.41) is 0. The fourth-order valence-electron chi connectivity index (χ4n) is 3.19. The molecule has 0 amide bonds. The van der Waals surface area contributed by atoms with Crippen LogP contribution in [0.5, 0.6) is 0 Å². The molecule has 2 rings (SSSR count). The van der Waals surface area contributed by atoms with Crippen molar-refractivity contribution < 1.29 is 0 Å². The summed E-state index contributed by atoms with van der Waals surface area (Å²) in [4.78, 5) is 0. The normalized spacial score (nSPS) is 30.7. The Balaban J connectivity index is 2.47. The van der Waals surface area contributed by atoms with E-state index in [1.54, 1.807) is 0 Å².